The molecule has 2 aromatic carbocycles. The number of aryl methyl sites for hydroxylation is 3. The van der Waals surface area contributed by atoms with Gasteiger partial charge in [0.2, 0.25) is 0 Å². The van der Waals surface area contributed by atoms with Crippen molar-refractivity contribution < 1.29 is 4.74 Å². The van der Waals surface area contributed by atoms with Crippen LogP contribution in [-0.2, 0) is 0 Å². The van der Waals surface area contributed by atoms with Gasteiger partial charge in [-0.1, -0.05) is 6.07 Å². The fourth-order valence-corrected chi connectivity index (χ4v) is 2.65. The molecule has 3 nitrogen and oxygen atoms in total. The van der Waals surface area contributed by atoms with Crippen LogP contribution in [-0.4, -0.2) is 17.9 Å². The lowest BCUT2D eigenvalue weighted by Gasteiger charge is -2.06. The second kappa shape index (κ2) is 6.75. The molecule has 1 aromatic heterocycles. The first kappa shape index (κ1) is 16.1. The van der Waals surface area contributed by atoms with E-state index in [2.05, 4.69) is 66.9 Å². The summed E-state index contributed by atoms with van der Waals surface area (Å²) in [5, 5.41) is 0. The van der Waals surface area contributed by atoms with Gasteiger partial charge in [0.25, 0.3) is 0 Å². The highest BCUT2D eigenvalue weighted by molar-refractivity contribution is 5.82. The lowest BCUT2D eigenvalue weighted by atomic mass is 10.1. The highest BCUT2D eigenvalue weighted by Crippen LogP contribution is 2.20. The normalized spacial score (nSPS) is 11.2. The van der Waals surface area contributed by atoms with Crippen LogP contribution in [0.2, 0.25) is 0 Å². The summed E-state index contributed by atoms with van der Waals surface area (Å²) < 4.78 is 7.37. The van der Waals surface area contributed by atoms with Crippen LogP contribution < -0.4 is 4.74 Å². The maximum Gasteiger partial charge on any atom is 0.119 e. The van der Waals surface area contributed by atoms with Crippen molar-refractivity contribution in [3.05, 3.63) is 77.1 Å². The minimum atomic E-state index is 0.861. The van der Waals surface area contributed by atoms with E-state index >= 15 is 0 Å². The summed E-state index contributed by atoms with van der Waals surface area (Å²) in [6, 6.07) is 16.4. The van der Waals surface area contributed by atoms with E-state index in [1.807, 2.05) is 24.4 Å². The minimum absolute atomic E-state index is 0.861. The number of hydrogen-bond donors (Lipinski definition) is 0. The molecule has 3 rings (SSSR count). The van der Waals surface area contributed by atoms with Crippen LogP contribution in [0, 0.1) is 20.8 Å². The Balaban J connectivity index is 1.85. The number of aromatic nitrogens is 1. The fraction of sp³-hybridized carbons (Fsp3) is 0.190. The van der Waals surface area contributed by atoms with Crippen LogP contribution in [0.5, 0.6) is 5.75 Å². The summed E-state index contributed by atoms with van der Waals surface area (Å²) in [7, 11) is 1.68. The van der Waals surface area contributed by atoms with Crippen molar-refractivity contribution in [2.24, 2.45) is 4.99 Å². The molecule has 122 valence electrons. The molecular formula is C21H22N2O. The predicted octanol–water partition coefficient (Wildman–Crippen LogP) is 5.16. The predicted molar refractivity (Wildman–Crippen MR) is 100 cm³/mol. The van der Waals surface area contributed by atoms with Gasteiger partial charge in [-0.25, -0.2) is 0 Å². The van der Waals surface area contributed by atoms with E-state index in [4.69, 9.17) is 4.74 Å². The van der Waals surface area contributed by atoms with Gasteiger partial charge in [0.15, 0.2) is 0 Å². The van der Waals surface area contributed by atoms with E-state index in [1.165, 1.54) is 16.8 Å². The molecule has 0 radical (unpaired) electrons. The summed E-state index contributed by atoms with van der Waals surface area (Å²) >= 11 is 0. The summed E-state index contributed by atoms with van der Waals surface area (Å²) in [4.78, 5) is 4.60. The third-order valence-corrected chi connectivity index (χ3v) is 4.24. The molecule has 0 amide bonds. The Morgan fingerprint density at radius 3 is 2.33 bits per heavy atom. The molecule has 0 bridgehead atoms. The summed E-state index contributed by atoms with van der Waals surface area (Å²) in [5.74, 6) is 0.861. The number of benzene rings is 2. The van der Waals surface area contributed by atoms with E-state index in [9.17, 15) is 0 Å². The highest BCUT2D eigenvalue weighted by Gasteiger charge is 2.03. The van der Waals surface area contributed by atoms with Gasteiger partial charge < -0.3 is 9.30 Å². The lowest BCUT2D eigenvalue weighted by molar-refractivity contribution is 0.414. The molecule has 0 saturated heterocycles. The van der Waals surface area contributed by atoms with Gasteiger partial charge in [0.05, 0.1) is 12.8 Å². The van der Waals surface area contributed by atoms with Gasteiger partial charge in [-0.15, -0.1) is 0 Å². The minimum Gasteiger partial charge on any atom is -0.497 e. The number of methoxy groups -OCH3 is 1. The summed E-state index contributed by atoms with van der Waals surface area (Å²) in [6.45, 7) is 6.32. The van der Waals surface area contributed by atoms with Crippen LogP contribution in [0.15, 0.2) is 59.7 Å². The number of aliphatic imine (C=N–C) groups is 1. The van der Waals surface area contributed by atoms with Gasteiger partial charge in [-0.2, -0.15) is 0 Å². The van der Waals surface area contributed by atoms with Gasteiger partial charge in [-0.3, -0.25) is 4.99 Å². The van der Waals surface area contributed by atoms with E-state index in [1.54, 1.807) is 7.11 Å². The zero-order chi connectivity index (χ0) is 17.1. The number of nitrogens with zero attached hydrogens (tertiary/aromatic N) is 2. The van der Waals surface area contributed by atoms with Crippen molar-refractivity contribution in [1.82, 2.24) is 4.57 Å². The van der Waals surface area contributed by atoms with Gasteiger partial charge in [0.1, 0.15) is 5.75 Å². The van der Waals surface area contributed by atoms with Gasteiger partial charge >= 0.3 is 0 Å². The van der Waals surface area contributed by atoms with E-state index < -0.39 is 0 Å². The molecule has 24 heavy (non-hydrogen) atoms. The largest absolute Gasteiger partial charge is 0.497 e. The average Bonchev–Trinajstić information content (AvgIpc) is 2.97. The van der Waals surface area contributed by atoms with Crippen molar-refractivity contribution in [2.45, 2.75) is 20.8 Å². The quantitative estimate of drug-likeness (QED) is 0.610. The smallest absolute Gasteiger partial charge is 0.119 e. The van der Waals surface area contributed by atoms with Crippen LogP contribution >= 0.6 is 0 Å². The van der Waals surface area contributed by atoms with Crippen LogP contribution in [0.1, 0.15) is 22.4 Å². The van der Waals surface area contributed by atoms with Crippen molar-refractivity contribution in [2.75, 3.05) is 7.11 Å². The van der Waals surface area contributed by atoms with Crippen LogP contribution in [0.25, 0.3) is 5.69 Å². The molecule has 1 heterocycles. The first-order valence-corrected chi connectivity index (χ1v) is 8.01. The first-order chi connectivity index (χ1) is 11.6. The maximum absolute atomic E-state index is 5.22. The van der Waals surface area contributed by atoms with E-state index in [0.717, 1.165) is 22.7 Å². The van der Waals surface area contributed by atoms with E-state index in [-0.39, 0.29) is 0 Å². The maximum atomic E-state index is 5.22. The topological polar surface area (TPSA) is 26.5 Å². The zero-order valence-electron chi connectivity index (χ0n) is 14.6. The van der Waals surface area contributed by atoms with Crippen molar-refractivity contribution >= 4 is 11.9 Å². The molecule has 0 fully saturated rings. The Hall–Kier alpha value is -2.81. The van der Waals surface area contributed by atoms with E-state index in [0.29, 0.717) is 0 Å². The van der Waals surface area contributed by atoms with Crippen molar-refractivity contribution in [3.8, 4) is 11.4 Å². The molecule has 3 heteroatoms. The third-order valence-electron chi connectivity index (χ3n) is 4.24. The molecular weight excluding hydrogens is 296 g/mol. The molecule has 0 aliphatic heterocycles. The molecule has 0 unspecified atom stereocenters. The lowest BCUT2D eigenvalue weighted by Crippen LogP contribution is -1.94. The third kappa shape index (κ3) is 3.40. The summed E-state index contributed by atoms with van der Waals surface area (Å²) in [5.41, 5.74) is 6.89. The molecule has 3 aromatic rings. The van der Waals surface area contributed by atoms with Crippen molar-refractivity contribution in [3.63, 3.8) is 0 Å². The highest BCUT2D eigenvalue weighted by atomic mass is 16.5. The molecule has 0 saturated carbocycles. The number of hydrogen-bond acceptors (Lipinski definition) is 2. The van der Waals surface area contributed by atoms with Crippen LogP contribution in [0.4, 0.5) is 5.69 Å². The van der Waals surface area contributed by atoms with Gasteiger partial charge in [0, 0.05) is 29.4 Å². The monoisotopic (exact) mass is 318 g/mol. The van der Waals surface area contributed by atoms with Gasteiger partial charge in [-0.05, 0) is 74.4 Å². The zero-order valence-corrected chi connectivity index (χ0v) is 14.6. The molecule has 0 N–H and O–H groups in total. The van der Waals surface area contributed by atoms with Crippen LogP contribution in [0.3, 0.4) is 0 Å². The molecule has 0 aliphatic rings. The molecule has 0 atom stereocenters. The molecule has 0 aliphatic carbocycles. The second-order valence-electron chi connectivity index (χ2n) is 6.01. The fourth-order valence-electron chi connectivity index (χ4n) is 2.65. The Labute approximate surface area is 143 Å². The Bertz CT molecular complexity index is 873. The number of rotatable bonds is 4. The Morgan fingerprint density at radius 2 is 1.67 bits per heavy atom. The SMILES string of the molecule is COc1ccc(-n2cc(C=Nc3ccc(C)c(C)c3)cc2C)cc1. The average molecular weight is 318 g/mol. The second-order valence-corrected chi connectivity index (χ2v) is 6.01. The van der Waals surface area contributed by atoms with Crippen molar-refractivity contribution in [1.29, 1.82) is 0 Å². The Morgan fingerprint density at radius 1 is 0.917 bits per heavy atom. The standard InChI is InChI=1S/C21H22N2O/c1-15-5-6-19(11-16(15)2)22-13-18-12-17(3)23(14-18)20-7-9-21(24-4)10-8-20/h5-14H,1-4H3. The molecule has 0 spiro atoms. The summed E-state index contributed by atoms with van der Waals surface area (Å²) in [6.07, 6.45) is 4.01. The number of ether oxygens (including phenoxy) is 1. The Kier molecular flexibility index (Phi) is 4.52. The first-order valence-electron chi connectivity index (χ1n) is 8.01.